The summed E-state index contributed by atoms with van der Waals surface area (Å²) in [5.41, 5.74) is -0.761. The number of benzene rings is 2. The van der Waals surface area contributed by atoms with Crippen molar-refractivity contribution in [2.45, 2.75) is 18.0 Å². The molecule has 2 aromatic carbocycles. The van der Waals surface area contributed by atoms with Gasteiger partial charge >= 0.3 is 6.18 Å². The van der Waals surface area contributed by atoms with E-state index in [4.69, 9.17) is 27.9 Å². The molecule has 0 fully saturated rings. The Morgan fingerprint density at radius 2 is 1.77 bits per heavy atom. The number of nitrogens with zero attached hydrogens (tertiary/aromatic N) is 1. The van der Waals surface area contributed by atoms with Gasteiger partial charge in [0, 0.05) is 18.0 Å². The monoisotopic (exact) mass is 476 g/mol. The molecule has 30 heavy (non-hydrogen) atoms. The van der Waals surface area contributed by atoms with Gasteiger partial charge in [0.1, 0.15) is 22.0 Å². The van der Waals surface area contributed by atoms with Crippen molar-refractivity contribution in [1.82, 2.24) is 4.98 Å². The lowest BCUT2D eigenvalue weighted by Gasteiger charge is -2.16. The fraction of sp³-hybridized carbons (Fsp3) is 0.105. The van der Waals surface area contributed by atoms with Gasteiger partial charge in [-0.1, -0.05) is 29.3 Å². The predicted molar refractivity (Wildman–Crippen MR) is 108 cm³/mol. The second-order valence-corrected chi connectivity index (χ2v) is 8.68. The van der Waals surface area contributed by atoms with E-state index in [2.05, 4.69) is 9.71 Å². The number of ether oxygens (including phenoxy) is 1. The van der Waals surface area contributed by atoms with E-state index in [0.29, 0.717) is 6.07 Å². The molecule has 0 radical (unpaired) electrons. The van der Waals surface area contributed by atoms with Gasteiger partial charge in [0.05, 0.1) is 16.2 Å². The van der Waals surface area contributed by atoms with Crippen LogP contribution in [0.2, 0.25) is 10.0 Å². The van der Waals surface area contributed by atoms with Gasteiger partial charge in [0.2, 0.25) is 0 Å². The third kappa shape index (κ3) is 5.16. The molecule has 11 heteroatoms. The highest BCUT2D eigenvalue weighted by Crippen LogP contribution is 2.40. The first kappa shape index (κ1) is 22.2. The Bertz CT molecular complexity index is 1200. The first-order valence-electron chi connectivity index (χ1n) is 8.24. The van der Waals surface area contributed by atoms with E-state index in [-0.39, 0.29) is 26.4 Å². The lowest BCUT2D eigenvalue weighted by molar-refractivity contribution is -0.138. The number of aromatic nitrogens is 1. The second kappa shape index (κ2) is 8.33. The summed E-state index contributed by atoms with van der Waals surface area (Å²) in [5, 5.41) is 0.132. The average molecular weight is 477 g/mol. The van der Waals surface area contributed by atoms with Crippen LogP contribution in [-0.2, 0) is 16.2 Å². The maximum Gasteiger partial charge on any atom is 0.420 e. The van der Waals surface area contributed by atoms with Crippen molar-refractivity contribution < 1.29 is 26.3 Å². The van der Waals surface area contributed by atoms with E-state index in [1.165, 1.54) is 36.7 Å². The number of hydrogen-bond acceptors (Lipinski definition) is 4. The van der Waals surface area contributed by atoms with Gasteiger partial charge in [-0.15, -0.1) is 0 Å². The van der Waals surface area contributed by atoms with Crippen LogP contribution in [0.1, 0.15) is 11.1 Å². The molecule has 0 atom stereocenters. The average Bonchev–Trinajstić information content (AvgIpc) is 2.61. The maximum atomic E-state index is 13.6. The van der Waals surface area contributed by atoms with Gasteiger partial charge < -0.3 is 4.74 Å². The molecule has 0 aliphatic heterocycles. The van der Waals surface area contributed by atoms with Crippen LogP contribution in [-0.4, -0.2) is 13.4 Å². The fourth-order valence-corrected chi connectivity index (χ4v) is 4.33. The molecule has 0 aliphatic carbocycles. The van der Waals surface area contributed by atoms with Gasteiger partial charge in [-0.2, -0.15) is 13.2 Å². The number of aryl methyl sites for hydroxylation is 1. The SMILES string of the molecule is Cc1ccc(S(=O)(=O)Nc2ccc(Oc3cncc(Cl)c3)c(C(F)(F)F)c2)c(Cl)c1. The Morgan fingerprint density at radius 3 is 2.40 bits per heavy atom. The first-order valence-corrected chi connectivity index (χ1v) is 10.5. The summed E-state index contributed by atoms with van der Waals surface area (Å²) in [7, 11) is -4.22. The number of alkyl halides is 3. The van der Waals surface area contributed by atoms with Crippen molar-refractivity contribution in [3.8, 4) is 11.5 Å². The molecule has 3 aromatic rings. The van der Waals surface area contributed by atoms with Crippen LogP contribution in [0.5, 0.6) is 11.5 Å². The van der Waals surface area contributed by atoms with Crippen molar-refractivity contribution in [2.24, 2.45) is 0 Å². The number of sulfonamides is 1. The highest BCUT2D eigenvalue weighted by molar-refractivity contribution is 7.92. The Morgan fingerprint density at radius 1 is 1.03 bits per heavy atom. The van der Waals surface area contributed by atoms with Crippen LogP contribution in [0.3, 0.4) is 0 Å². The van der Waals surface area contributed by atoms with Crippen LogP contribution in [0.15, 0.2) is 59.8 Å². The molecule has 5 nitrogen and oxygen atoms in total. The van der Waals surface area contributed by atoms with Crippen LogP contribution in [0.25, 0.3) is 0 Å². The van der Waals surface area contributed by atoms with E-state index in [1.54, 1.807) is 6.92 Å². The first-order chi connectivity index (χ1) is 14.0. The Labute approximate surface area is 180 Å². The van der Waals surface area contributed by atoms with Gasteiger partial charge in [0.25, 0.3) is 10.0 Å². The quantitative estimate of drug-likeness (QED) is 0.468. The normalized spacial score (nSPS) is 11.9. The largest absolute Gasteiger partial charge is 0.455 e. The number of rotatable bonds is 5. The molecule has 3 rings (SSSR count). The van der Waals surface area contributed by atoms with Crippen molar-refractivity contribution >= 4 is 38.9 Å². The summed E-state index contributed by atoms with van der Waals surface area (Å²) in [6.45, 7) is 1.72. The Hall–Kier alpha value is -2.49. The summed E-state index contributed by atoms with van der Waals surface area (Å²) in [5.74, 6) is -0.546. The number of pyridine rings is 1. The van der Waals surface area contributed by atoms with Crippen molar-refractivity contribution in [1.29, 1.82) is 0 Å². The molecule has 0 spiro atoms. The molecule has 1 heterocycles. The molecule has 1 aromatic heterocycles. The van der Waals surface area contributed by atoms with E-state index < -0.39 is 27.5 Å². The molecular weight excluding hydrogens is 464 g/mol. The van der Waals surface area contributed by atoms with Crippen LogP contribution < -0.4 is 9.46 Å². The summed E-state index contributed by atoms with van der Waals surface area (Å²) in [6.07, 6.45) is -2.32. The van der Waals surface area contributed by atoms with Crippen molar-refractivity contribution in [3.05, 3.63) is 76.0 Å². The van der Waals surface area contributed by atoms with Crippen LogP contribution in [0.4, 0.5) is 18.9 Å². The number of hydrogen-bond donors (Lipinski definition) is 1. The third-order valence-corrected chi connectivity index (χ3v) is 5.89. The van der Waals surface area contributed by atoms with Gasteiger partial charge in [-0.3, -0.25) is 9.71 Å². The lowest BCUT2D eigenvalue weighted by Crippen LogP contribution is -2.15. The van der Waals surface area contributed by atoms with Gasteiger partial charge in [0.15, 0.2) is 0 Å². The minimum absolute atomic E-state index is 0.00670. The summed E-state index contributed by atoms with van der Waals surface area (Å²) >= 11 is 11.7. The Balaban J connectivity index is 1.97. The number of anilines is 1. The Kier molecular flexibility index (Phi) is 6.16. The van der Waals surface area contributed by atoms with Crippen molar-refractivity contribution in [2.75, 3.05) is 4.72 Å². The topological polar surface area (TPSA) is 68.3 Å². The zero-order valence-corrected chi connectivity index (χ0v) is 17.5. The number of halogens is 5. The van der Waals surface area contributed by atoms with Crippen molar-refractivity contribution in [3.63, 3.8) is 0 Å². The van der Waals surface area contributed by atoms with E-state index in [9.17, 15) is 21.6 Å². The van der Waals surface area contributed by atoms with Gasteiger partial charge in [-0.25, -0.2) is 8.42 Å². The van der Waals surface area contributed by atoms with E-state index in [1.807, 2.05) is 0 Å². The smallest absolute Gasteiger partial charge is 0.420 e. The van der Waals surface area contributed by atoms with E-state index in [0.717, 1.165) is 17.7 Å². The molecule has 1 N–H and O–H groups in total. The van der Waals surface area contributed by atoms with Crippen LogP contribution >= 0.6 is 23.2 Å². The molecule has 0 amide bonds. The molecule has 0 aliphatic rings. The summed E-state index contributed by atoms with van der Waals surface area (Å²) in [4.78, 5) is 3.49. The molecule has 0 bridgehead atoms. The fourth-order valence-electron chi connectivity index (χ4n) is 2.51. The summed E-state index contributed by atoms with van der Waals surface area (Å²) in [6, 6.07) is 8.30. The highest BCUT2D eigenvalue weighted by atomic mass is 35.5. The third-order valence-electron chi connectivity index (χ3n) is 3.82. The second-order valence-electron chi connectivity index (χ2n) is 6.19. The van der Waals surface area contributed by atoms with Crippen LogP contribution in [0, 0.1) is 6.92 Å². The molecule has 0 unspecified atom stereocenters. The molecule has 158 valence electrons. The zero-order chi connectivity index (χ0) is 22.1. The zero-order valence-electron chi connectivity index (χ0n) is 15.2. The minimum Gasteiger partial charge on any atom is -0.455 e. The van der Waals surface area contributed by atoms with Gasteiger partial charge in [-0.05, 0) is 42.8 Å². The molecule has 0 saturated heterocycles. The highest BCUT2D eigenvalue weighted by Gasteiger charge is 2.35. The maximum absolute atomic E-state index is 13.6. The number of nitrogens with one attached hydrogen (secondary N) is 1. The van der Waals surface area contributed by atoms with E-state index >= 15 is 0 Å². The predicted octanol–water partition coefficient (Wildman–Crippen LogP) is 6.31. The minimum atomic E-state index is -4.82. The summed E-state index contributed by atoms with van der Waals surface area (Å²) < 4.78 is 73.2. The lowest BCUT2D eigenvalue weighted by atomic mass is 10.1. The molecule has 0 saturated carbocycles. The standard InChI is InChI=1S/C19H13Cl2F3N2O3S/c1-11-2-5-18(16(21)6-11)30(27,28)26-13-3-4-17(15(8-13)19(22,23)24)29-14-7-12(20)9-25-10-14/h2-10,26H,1H3. The molecular formula is C19H13Cl2F3N2O3S.